The van der Waals surface area contributed by atoms with E-state index >= 15 is 0 Å². The minimum atomic E-state index is 0.829. The van der Waals surface area contributed by atoms with Gasteiger partial charge >= 0.3 is 0 Å². The third-order valence-electron chi connectivity index (χ3n) is 3.21. The van der Waals surface area contributed by atoms with Gasteiger partial charge < -0.3 is 5.32 Å². The minimum absolute atomic E-state index is 0.829. The van der Waals surface area contributed by atoms with Crippen LogP contribution in [0.1, 0.15) is 5.56 Å². The lowest BCUT2D eigenvalue weighted by Crippen LogP contribution is -1.98. The molecule has 20 heavy (non-hydrogen) atoms. The first-order valence-corrected chi connectivity index (χ1v) is 7.97. The van der Waals surface area contributed by atoms with Gasteiger partial charge in [0.2, 0.25) is 0 Å². The molecule has 0 bridgehead atoms. The fraction of sp³-hybridized carbons (Fsp3) is 0.0588. The summed E-state index contributed by atoms with van der Waals surface area (Å²) >= 11 is 6.95. The van der Waals surface area contributed by atoms with Gasteiger partial charge in [-0.15, -0.1) is 0 Å². The molecule has 1 nitrogen and oxygen atoms in total. The van der Waals surface area contributed by atoms with E-state index in [1.54, 1.807) is 0 Å². The quantitative estimate of drug-likeness (QED) is 0.580. The van der Waals surface area contributed by atoms with Crippen LogP contribution >= 0.6 is 31.9 Å². The molecule has 0 amide bonds. The first-order valence-electron chi connectivity index (χ1n) is 6.38. The average Bonchev–Trinajstić information content (AvgIpc) is 2.46. The van der Waals surface area contributed by atoms with E-state index in [1.165, 1.54) is 16.3 Å². The van der Waals surface area contributed by atoms with Crippen molar-refractivity contribution in [1.82, 2.24) is 0 Å². The van der Waals surface area contributed by atoms with Crippen molar-refractivity contribution in [3.05, 3.63) is 75.2 Å². The van der Waals surface area contributed by atoms with Gasteiger partial charge in [-0.25, -0.2) is 0 Å². The summed E-state index contributed by atoms with van der Waals surface area (Å²) in [7, 11) is 0. The molecule has 0 aliphatic carbocycles. The number of benzene rings is 3. The Morgan fingerprint density at radius 3 is 2.15 bits per heavy atom. The maximum absolute atomic E-state index is 3.50. The summed E-state index contributed by atoms with van der Waals surface area (Å²) in [6.45, 7) is 0.829. The highest BCUT2D eigenvalue weighted by molar-refractivity contribution is 9.10. The van der Waals surface area contributed by atoms with Gasteiger partial charge in [0.15, 0.2) is 0 Å². The molecule has 0 saturated carbocycles. The summed E-state index contributed by atoms with van der Waals surface area (Å²) in [6.07, 6.45) is 0. The molecular formula is C17H13Br2N. The topological polar surface area (TPSA) is 12.0 Å². The zero-order chi connectivity index (χ0) is 13.9. The Labute approximate surface area is 135 Å². The van der Waals surface area contributed by atoms with Crippen molar-refractivity contribution in [2.45, 2.75) is 6.54 Å². The van der Waals surface area contributed by atoms with E-state index in [0.29, 0.717) is 0 Å². The first-order chi connectivity index (χ1) is 9.70. The third-order valence-corrected chi connectivity index (χ3v) is 4.23. The summed E-state index contributed by atoms with van der Waals surface area (Å²) in [5.74, 6) is 0. The van der Waals surface area contributed by atoms with E-state index in [1.807, 2.05) is 0 Å². The van der Waals surface area contributed by atoms with Crippen molar-refractivity contribution < 1.29 is 0 Å². The summed E-state index contributed by atoms with van der Waals surface area (Å²) in [5, 5.41) is 5.95. The Morgan fingerprint density at radius 1 is 0.700 bits per heavy atom. The molecule has 3 heteroatoms. The van der Waals surface area contributed by atoms with Crippen molar-refractivity contribution >= 4 is 48.3 Å². The van der Waals surface area contributed by atoms with Gasteiger partial charge in [0.1, 0.15) is 0 Å². The van der Waals surface area contributed by atoms with Crippen LogP contribution in [0.2, 0.25) is 0 Å². The molecule has 3 aromatic rings. The highest BCUT2D eigenvalue weighted by Crippen LogP contribution is 2.23. The number of halogens is 2. The molecular weight excluding hydrogens is 378 g/mol. The van der Waals surface area contributed by atoms with E-state index in [0.717, 1.165) is 21.2 Å². The zero-order valence-electron chi connectivity index (χ0n) is 10.7. The highest BCUT2D eigenvalue weighted by atomic mass is 79.9. The zero-order valence-corrected chi connectivity index (χ0v) is 13.9. The van der Waals surface area contributed by atoms with E-state index in [2.05, 4.69) is 97.8 Å². The molecule has 0 aromatic heterocycles. The normalized spacial score (nSPS) is 10.7. The van der Waals surface area contributed by atoms with Gasteiger partial charge in [-0.3, -0.25) is 0 Å². The van der Waals surface area contributed by atoms with Gasteiger partial charge in [-0.2, -0.15) is 0 Å². The first kappa shape index (κ1) is 13.7. The molecule has 0 aliphatic rings. The van der Waals surface area contributed by atoms with Crippen LogP contribution < -0.4 is 5.32 Å². The van der Waals surface area contributed by atoms with Gasteiger partial charge in [0.25, 0.3) is 0 Å². The predicted octanol–water partition coefficient (Wildman–Crippen LogP) is 5.98. The molecule has 3 aromatic carbocycles. The van der Waals surface area contributed by atoms with Crippen molar-refractivity contribution in [1.29, 1.82) is 0 Å². The van der Waals surface area contributed by atoms with E-state index in [-0.39, 0.29) is 0 Å². The van der Waals surface area contributed by atoms with Crippen LogP contribution in [0.15, 0.2) is 69.6 Å². The second-order valence-electron chi connectivity index (χ2n) is 4.69. The molecule has 1 N–H and O–H groups in total. The van der Waals surface area contributed by atoms with Gasteiger partial charge in [-0.05, 0) is 52.7 Å². The van der Waals surface area contributed by atoms with Crippen LogP contribution in [-0.2, 0) is 6.54 Å². The SMILES string of the molecule is Brc1ccc(CNc2ccc3cc(Br)ccc3c2)cc1. The fourth-order valence-electron chi connectivity index (χ4n) is 2.13. The summed E-state index contributed by atoms with van der Waals surface area (Å²) in [5.41, 5.74) is 2.41. The average molecular weight is 391 g/mol. The van der Waals surface area contributed by atoms with Crippen LogP contribution in [0.5, 0.6) is 0 Å². The largest absolute Gasteiger partial charge is 0.381 e. The number of rotatable bonds is 3. The van der Waals surface area contributed by atoms with Crippen LogP contribution in [0.25, 0.3) is 10.8 Å². The predicted molar refractivity (Wildman–Crippen MR) is 93.1 cm³/mol. The molecule has 0 spiro atoms. The Balaban J connectivity index is 1.77. The Bertz CT molecular complexity index is 736. The molecule has 0 heterocycles. The van der Waals surface area contributed by atoms with Crippen molar-refractivity contribution in [3.8, 4) is 0 Å². The van der Waals surface area contributed by atoms with Crippen LogP contribution in [-0.4, -0.2) is 0 Å². The Kier molecular flexibility index (Phi) is 4.08. The fourth-order valence-corrected chi connectivity index (χ4v) is 2.78. The minimum Gasteiger partial charge on any atom is -0.381 e. The summed E-state index contributed by atoms with van der Waals surface area (Å²) in [6, 6.07) is 21.1. The summed E-state index contributed by atoms with van der Waals surface area (Å²) < 4.78 is 2.22. The van der Waals surface area contributed by atoms with Crippen LogP contribution in [0.4, 0.5) is 5.69 Å². The lowest BCUT2D eigenvalue weighted by molar-refractivity contribution is 1.15. The molecule has 0 unspecified atom stereocenters. The van der Waals surface area contributed by atoms with Crippen LogP contribution in [0.3, 0.4) is 0 Å². The van der Waals surface area contributed by atoms with E-state index in [4.69, 9.17) is 0 Å². The maximum Gasteiger partial charge on any atom is 0.0400 e. The van der Waals surface area contributed by atoms with E-state index in [9.17, 15) is 0 Å². The smallest absolute Gasteiger partial charge is 0.0400 e. The number of nitrogens with one attached hydrogen (secondary N) is 1. The molecule has 0 saturated heterocycles. The van der Waals surface area contributed by atoms with Crippen molar-refractivity contribution in [2.75, 3.05) is 5.32 Å². The maximum atomic E-state index is 3.50. The Hall–Kier alpha value is -1.32. The second-order valence-corrected chi connectivity index (χ2v) is 6.52. The highest BCUT2D eigenvalue weighted by Gasteiger charge is 1.98. The monoisotopic (exact) mass is 389 g/mol. The van der Waals surface area contributed by atoms with Crippen LogP contribution in [0, 0.1) is 0 Å². The molecule has 3 rings (SSSR count). The van der Waals surface area contributed by atoms with Crippen molar-refractivity contribution in [2.24, 2.45) is 0 Å². The molecule has 0 radical (unpaired) electrons. The molecule has 0 atom stereocenters. The molecule has 0 fully saturated rings. The molecule has 100 valence electrons. The van der Waals surface area contributed by atoms with Crippen molar-refractivity contribution in [3.63, 3.8) is 0 Å². The van der Waals surface area contributed by atoms with Gasteiger partial charge in [-0.1, -0.05) is 56.1 Å². The second kappa shape index (κ2) is 5.98. The third kappa shape index (κ3) is 3.22. The summed E-state index contributed by atoms with van der Waals surface area (Å²) in [4.78, 5) is 0. The lowest BCUT2D eigenvalue weighted by Gasteiger charge is -2.08. The number of hydrogen-bond acceptors (Lipinski definition) is 1. The standard InChI is InChI=1S/C17H13Br2N/c18-15-5-1-12(2-6-15)11-20-17-8-4-13-9-16(19)7-3-14(13)10-17/h1-10,20H,11H2. The number of anilines is 1. The number of fused-ring (bicyclic) bond motifs is 1. The van der Waals surface area contributed by atoms with Gasteiger partial charge in [0.05, 0.1) is 0 Å². The molecule has 0 aliphatic heterocycles. The number of hydrogen-bond donors (Lipinski definition) is 1. The Morgan fingerprint density at radius 2 is 1.35 bits per heavy atom. The lowest BCUT2D eigenvalue weighted by atomic mass is 10.1. The van der Waals surface area contributed by atoms with Gasteiger partial charge in [0, 0.05) is 21.2 Å². The van der Waals surface area contributed by atoms with E-state index < -0.39 is 0 Å².